The molecule has 0 saturated heterocycles. The number of ether oxygens (including phenoxy) is 1. The summed E-state index contributed by atoms with van der Waals surface area (Å²) in [5.74, 6) is 0.826. The van der Waals surface area contributed by atoms with Crippen molar-refractivity contribution in [3.8, 4) is 5.75 Å². The van der Waals surface area contributed by atoms with Gasteiger partial charge in [-0.15, -0.1) is 0 Å². The quantitative estimate of drug-likeness (QED) is 0.713. The van der Waals surface area contributed by atoms with Crippen LogP contribution in [0.5, 0.6) is 5.75 Å². The fourth-order valence-electron chi connectivity index (χ4n) is 4.00. The van der Waals surface area contributed by atoms with Crippen LogP contribution < -0.4 is 10.1 Å². The molecule has 0 unspecified atom stereocenters. The summed E-state index contributed by atoms with van der Waals surface area (Å²) in [7, 11) is 1.68. The van der Waals surface area contributed by atoms with Crippen molar-refractivity contribution < 1.29 is 9.53 Å². The molecule has 150 valence electrons. The molecular formula is C24H27N3O2. The lowest BCUT2D eigenvalue weighted by molar-refractivity contribution is -0.117. The van der Waals surface area contributed by atoms with Crippen LogP contribution in [0.15, 0.2) is 60.8 Å². The molecule has 29 heavy (non-hydrogen) atoms. The Labute approximate surface area is 171 Å². The Morgan fingerprint density at radius 1 is 1.07 bits per heavy atom. The highest BCUT2D eigenvalue weighted by Crippen LogP contribution is 2.33. The molecule has 5 nitrogen and oxygen atoms in total. The number of benzene rings is 2. The minimum absolute atomic E-state index is 0.00107. The topological polar surface area (TPSA) is 46.5 Å². The number of aryl methyl sites for hydroxylation is 2. The van der Waals surface area contributed by atoms with E-state index >= 15 is 0 Å². The van der Waals surface area contributed by atoms with Crippen molar-refractivity contribution >= 4 is 11.6 Å². The zero-order valence-corrected chi connectivity index (χ0v) is 17.2. The first-order valence-corrected chi connectivity index (χ1v) is 9.95. The summed E-state index contributed by atoms with van der Waals surface area (Å²) in [4.78, 5) is 15.1. The van der Waals surface area contributed by atoms with Gasteiger partial charge in [-0.05, 0) is 66.9 Å². The van der Waals surface area contributed by atoms with E-state index in [1.807, 2.05) is 30.3 Å². The van der Waals surface area contributed by atoms with E-state index in [2.05, 4.69) is 59.1 Å². The third-order valence-corrected chi connectivity index (χ3v) is 5.68. The summed E-state index contributed by atoms with van der Waals surface area (Å²) in [5, 5.41) is 3.06. The maximum atomic E-state index is 12.8. The maximum Gasteiger partial charge on any atom is 0.238 e. The maximum absolute atomic E-state index is 12.8. The Kier molecular flexibility index (Phi) is 5.41. The van der Waals surface area contributed by atoms with Gasteiger partial charge in [0.2, 0.25) is 5.91 Å². The number of methoxy groups -OCH3 is 1. The fourth-order valence-corrected chi connectivity index (χ4v) is 4.00. The first kappa shape index (κ1) is 19.3. The van der Waals surface area contributed by atoms with E-state index in [-0.39, 0.29) is 11.9 Å². The first-order valence-electron chi connectivity index (χ1n) is 9.95. The highest BCUT2D eigenvalue weighted by atomic mass is 16.5. The van der Waals surface area contributed by atoms with Crippen LogP contribution in [0.3, 0.4) is 0 Å². The average molecular weight is 389 g/mol. The van der Waals surface area contributed by atoms with E-state index in [1.54, 1.807) is 7.11 Å². The molecule has 0 saturated carbocycles. The fraction of sp³-hybridized carbons (Fsp3) is 0.292. The number of rotatable bonds is 5. The van der Waals surface area contributed by atoms with Crippen LogP contribution in [0, 0.1) is 13.8 Å². The molecule has 1 aromatic heterocycles. The van der Waals surface area contributed by atoms with Crippen LogP contribution in [-0.4, -0.2) is 35.6 Å². The van der Waals surface area contributed by atoms with Gasteiger partial charge in [-0.25, -0.2) is 0 Å². The second kappa shape index (κ2) is 8.13. The number of nitrogens with zero attached hydrogens (tertiary/aromatic N) is 2. The van der Waals surface area contributed by atoms with Crippen LogP contribution in [-0.2, 0) is 11.3 Å². The number of fused-ring (bicyclic) bond motifs is 1. The van der Waals surface area contributed by atoms with Crippen molar-refractivity contribution in [2.45, 2.75) is 26.4 Å². The predicted octanol–water partition coefficient (Wildman–Crippen LogP) is 4.16. The summed E-state index contributed by atoms with van der Waals surface area (Å²) in [6, 6.07) is 18.3. The van der Waals surface area contributed by atoms with Gasteiger partial charge >= 0.3 is 0 Å². The van der Waals surface area contributed by atoms with Crippen LogP contribution in [0.1, 0.15) is 28.4 Å². The summed E-state index contributed by atoms with van der Waals surface area (Å²) in [6.45, 7) is 6.15. The molecule has 1 aliphatic heterocycles. The molecule has 0 aliphatic carbocycles. The van der Waals surface area contributed by atoms with Crippen molar-refractivity contribution in [1.82, 2.24) is 9.47 Å². The van der Waals surface area contributed by atoms with E-state index in [4.69, 9.17) is 4.74 Å². The SMILES string of the molecule is COc1cccc([C@@H]2c3cccn3CCN2CC(=O)Nc2ccc(C)c(C)c2)c1. The summed E-state index contributed by atoms with van der Waals surface area (Å²) < 4.78 is 7.69. The number of hydrogen-bond acceptors (Lipinski definition) is 3. The third kappa shape index (κ3) is 4.05. The lowest BCUT2D eigenvalue weighted by Crippen LogP contribution is -2.42. The summed E-state index contributed by atoms with van der Waals surface area (Å²) in [6.07, 6.45) is 2.11. The van der Waals surface area contributed by atoms with Crippen molar-refractivity contribution in [2.24, 2.45) is 0 Å². The number of nitrogens with one attached hydrogen (secondary N) is 1. The smallest absolute Gasteiger partial charge is 0.238 e. The van der Waals surface area contributed by atoms with Gasteiger partial charge in [0.15, 0.2) is 0 Å². The molecule has 5 heteroatoms. The number of carbonyl (C=O) groups is 1. The van der Waals surface area contributed by atoms with Gasteiger partial charge in [-0.2, -0.15) is 0 Å². The molecule has 1 N–H and O–H groups in total. The van der Waals surface area contributed by atoms with Crippen LogP contribution >= 0.6 is 0 Å². The third-order valence-electron chi connectivity index (χ3n) is 5.68. The molecule has 0 spiro atoms. The average Bonchev–Trinajstić information content (AvgIpc) is 3.19. The molecule has 1 atom stereocenters. The minimum atomic E-state index is 0.00107. The summed E-state index contributed by atoms with van der Waals surface area (Å²) >= 11 is 0. The first-order chi connectivity index (χ1) is 14.0. The lowest BCUT2D eigenvalue weighted by Gasteiger charge is -2.37. The number of amides is 1. The van der Waals surface area contributed by atoms with Gasteiger partial charge in [-0.1, -0.05) is 18.2 Å². The van der Waals surface area contributed by atoms with Gasteiger partial charge in [-0.3, -0.25) is 9.69 Å². The van der Waals surface area contributed by atoms with Gasteiger partial charge in [0.05, 0.1) is 19.7 Å². The zero-order chi connectivity index (χ0) is 20.4. The number of anilines is 1. The zero-order valence-electron chi connectivity index (χ0n) is 17.2. The normalized spacial score (nSPS) is 16.3. The summed E-state index contributed by atoms with van der Waals surface area (Å²) in [5.41, 5.74) is 5.56. The molecule has 1 aliphatic rings. The second-order valence-corrected chi connectivity index (χ2v) is 7.62. The van der Waals surface area contributed by atoms with Gasteiger partial charge < -0.3 is 14.6 Å². The molecule has 2 heterocycles. The largest absolute Gasteiger partial charge is 0.497 e. The van der Waals surface area contributed by atoms with Crippen LogP contribution in [0.25, 0.3) is 0 Å². The Morgan fingerprint density at radius 3 is 2.72 bits per heavy atom. The lowest BCUT2D eigenvalue weighted by atomic mass is 9.99. The number of aromatic nitrogens is 1. The number of carbonyl (C=O) groups excluding carboxylic acids is 1. The van der Waals surface area contributed by atoms with Crippen molar-refractivity contribution in [3.63, 3.8) is 0 Å². The molecule has 3 aromatic rings. The van der Waals surface area contributed by atoms with Crippen molar-refractivity contribution in [1.29, 1.82) is 0 Å². The van der Waals surface area contributed by atoms with Gasteiger partial charge in [0, 0.05) is 30.7 Å². The Hall–Kier alpha value is -3.05. The Morgan fingerprint density at radius 2 is 1.93 bits per heavy atom. The van der Waals surface area contributed by atoms with Crippen molar-refractivity contribution in [2.75, 3.05) is 25.5 Å². The van der Waals surface area contributed by atoms with E-state index in [0.717, 1.165) is 30.1 Å². The Balaban J connectivity index is 1.57. The molecule has 0 bridgehead atoms. The predicted molar refractivity (Wildman–Crippen MR) is 115 cm³/mol. The van der Waals surface area contributed by atoms with E-state index < -0.39 is 0 Å². The van der Waals surface area contributed by atoms with Gasteiger partial charge in [0.25, 0.3) is 0 Å². The highest BCUT2D eigenvalue weighted by molar-refractivity contribution is 5.92. The molecule has 0 radical (unpaired) electrons. The van der Waals surface area contributed by atoms with Gasteiger partial charge in [0.1, 0.15) is 5.75 Å². The highest BCUT2D eigenvalue weighted by Gasteiger charge is 2.30. The standard InChI is InChI=1S/C24H27N3O2/c1-17-9-10-20(14-18(17)2)25-23(28)16-27-13-12-26-11-5-8-22(26)24(27)19-6-4-7-21(15-19)29-3/h4-11,14-15,24H,12-13,16H2,1-3H3,(H,25,28)/t24-/m1/s1. The molecular weight excluding hydrogens is 362 g/mol. The molecule has 2 aromatic carbocycles. The molecule has 0 fully saturated rings. The second-order valence-electron chi connectivity index (χ2n) is 7.62. The van der Waals surface area contributed by atoms with E-state index in [9.17, 15) is 4.79 Å². The molecule has 1 amide bonds. The van der Waals surface area contributed by atoms with Crippen LogP contribution in [0.2, 0.25) is 0 Å². The van der Waals surface area contributed by atoms with Crippen molar-refractivity contribution in [3.05, 3.63) is 83.2 Å². The number of hydrogen-bond donors (Lipinski definition) is 1. The van der Waals surface area contributed by atoms with E-state index in [1.165, 1.54) is 16.8 Å². The minimum Gasteiger partial charge on any atom is -0.497 e. The van der Waals surface area contributed by atoms with Crippen LogP contribution in [0.4, 0.5) is 5.69 Å². The monoisotopic (exact) mass is 389 g/mol. The Bertz CT molecular complexity index is 1020. The van der Waals surface area contributed by atoms with E-state index in [0.29, 0.717) is 6.54 Å². The molecule has 4 rings (SSSR count).